The highest BCUT2D eigenvalue weighted by Gasteiger charge is 2.10. The lowest BCUT2D eigenvalue weighted by Crippen LogP contribution is -2.13. The van der Waals surface area contributed by atoms with E-state index in [0.29, 0.717) is 23.6 Å². The molecule has 29 heavy (non-hydrogen) atoms. The summed E-state index contributed by atoms with van der Waals surface area (Å²) in [5, 5.41) is 2.68. The first-order chi connectivity index (χ1) is 14.2. The van der Waals surface area contributed by atoms with Gasteiger partial charge in [0.15, 0.2) is 5.76 Å². The minimum Gasteiger partial charge on any atom is -0.494 e. The van der Waals surface area contributed by atoms with Crippen molar-refractivity contribution in [1.29, 1.82) is 0 Å². The van der Waals surface area contributed by atoms with Gasteiger partial charge in [-0.3, -0.25) is 4.79 Å². The SMILES string of the molecule is CCOc1ccc(OCCOC(=O)c2ccc(NC(=O)c3ccco3)cc2)cc1. The van der Waals surface area contributed by atoms with Crippen LogP contribution in [-0.4, -0.2) is 31.7 Å². The normalized spacial score (nSPS) is 10.2. The lowest BCUT2D eigenvalue weighted by molar-refractivity contribution is 0.0450. The summed E-state index contributed by atoms with van der Waals surface area (Å²) >= 11 is 0. The summed E-state index contributed by atoms with van der Waals surface area (Å²) in [4.78, 5) is 24.0. The van der Waals surface area contributed by atoms with Crippen LogP contribution in [0.1, 0.15) is 27.8 Å². The van der Waals surface area contributed by atoms with Crippen molar-refractivity contribution in [2.75, 3.05) is 25.1 Å². The van der Waals surface area contributed by atoms with E-state index in [4.69, 9.17) is 18.6 Å². The molecule has 0 aliphatic rings. The molecule has 0 atom stereocenters. The number of ether oxygens (including phenoxy) is 3. The van der Waals surface area contributed by atoms with Crippen LogP contribution in [-0.2, 0) is 4.74 Å². The standard InChI is InChI=1S/C22H21NO6/c1-2-26-18-9-11-19(12-10-18)27-14-15-29-22(25)16-5-7-17(8-6-16)23-21(24)20-4-3-13-28-20/h3-13H,2,14-15H2,1H3,(H,23,24). The zero-order chi connectivity index (χ0) is 20.5. The predicted molar refractivity (Wildman–Crippen MR) is 106 cm³/mol. The Kier molecular flexibility index (Phi) is 6.89. The summed E-state index contributed by atoms with van der Waals surface area (Å²) in [5.74, 6) is 0.818. The van der Waals surface area contributed by atoms with E-state index in [9.17, 15) is 9.59 Å². The molecule has 2 aromatic carbocycles. The zero-order valence-electron chi connectivity index (χ0n) is 15.9. The lowest BCUT2D eigenvalue weighted by atomic mass is 10.2. The van der Waals surface area contributed by atoms with Gasteiger partial charge in [0.05, 0.1) is 18.4 Å². The van der Waals surface area contributed by atoms with E-state index in [1.807, 2.05) is 19.1 Å². The van der Waals surface area contributed by atoms with Crippen LogP contribution >= 0.6 is 0 Å². The second kappa shape index (κ2) is 9.98. The molecular formula is C22H21NO6. The van der Waals surface area contributed by atoms with Crippen LogP contribution in [0.25, 0.3) is 0 Å². The molecule has 150 valence electrons. The van der Waals surface area contributed by atoms with Gasteiger partial charge in [0.1, 0.15) is 24.7 Å². The van der Waals surface area contributed by atoms with Gasteiger partial charge in [-0.05, 0) is 67.6 Å². The van der Waals surface area contributed by atoms with Crippen LogP contribution in [0.2, 0.25) is 0 Å². The third kappa shape index (κ3) is 5.87. The van der Waals surface area contributed by atoms with Crippen LogP contribution in [0.5, 0.6) is 11.5 Å². The molecule has 0 saturated heterocycles. The number of nitrogens with one attached hydrogen (secondary N) is 1. The summed E-state index contributed by atoms with van der Waals surface area (Å²) < 4.78 is 21.1. The molecule has 0 aliphatic heterocycles. The van der Waals surface area contributed by atoms with Gasteiger partial charge < -0.3 is 23.9 Å². The molecule has 3 aromatic rings. The molecule has 0 saturated carbocycles. The Morgan fingerprint density at radius 2 is 1.59 bits per heavy atom. The van der Waals surface area contributed by atoms with Crippen LogP contribution in [0.4, 0.5) is 5.69 Å². The van der Waals surface area contributed by atoms with E-state index in [1.54, 1.807) is 48.5 Å². The molecule has 0 bridgehead atoms. The summed E-state index contributed by atoms with van der Waals surface area (Å²) in [6.07, 6.45) is 1.42. The number of hydrogen-bond acceptors (Lipinski definition) is 6. The van der Waals surface area contributed by atoms with Gasteiger partial charge in [-0.15, -0.1) is 0 Å². The molecule has 0 fully saturated rings. The Balaban J connectivity index is 1.41. The van der Waals surface area contributed by atoms with Gasteiger partial charge in [-0.1, -0.05) is 0 Å². The predicted octanol–water partition coefficient (Wildman–Crippen LogP) is 4.17. The zero-order valence-corrected chi connectivity index (χ0v) is 15.9. The Morgan fingerprint density at radius 3 is 2.21 bits per heavy atom. The fourth-order valence-electron chi connectivity index (χ4n) is 2.47. The van der Waals surface area contributed by atoms with Gasteiger partial charge in [-0.2, -0.15) is 0 Å². The number of amides is 1. The van der Waals surface area contributed by atoms with Crippen molar-refractivity contribution < 1.29 is 28.2 Å². The minimum absolute atomic E-state index is 0.114. The maximum Gasteiger partial charge on any atom is 0.338 e. The third-order valence-electron chi connectivity index (χ3n) is 3.84. The number of anilines is 1. The highest BCUT2D eigenvalue weighted by atomic mass is 16.6. The average Bonchev–Trinajstić information content (AvgIpc) is 3.28. The molecule has 7 heteroatoms. The maximum atomic E-state index is 12.1. The second-order valence-electron chi connectivity index (χ2n) is 5.90. The Labute approximate surface area is 168 Å². The maximum absolute atomic E-state index is 12.1. The number of carbonyl (C=O) groups is 2. The number of esters is 1. The van der Waals surface area contributed by atoms with Gasteiger partial charge in [0, 0.05) is 5.69 Å². The van der Waals surface area contributed by atoms with Crippen molar-refractivity contribution >= 4 is 17.6 Å². The first-order valence-corrected chi connectivity index (χ1v) is 9.13. The summed E-state index contributed by atoms with van der Waals surface area (Å²) in [7, 11) is 0. The van der Waals surface area contributed by atoms with Crippen LogP contribution in [0.15, 0.2) is 71.3 Å². The number of carbonyl (C=O) groups excluding carboxylic acids is 2. The molecule has 1 heterocycles. The van der Waals surface area contributed by atoms with E-state index in [-0.39, 0.29) is 24.9 Å². The largest absolute Gasteiger partial charge is 0.494 e. The first-order valence-electron chi connectivity index (χ1n) is 9.13. The molecule has 1 aromatic heterocycles. The fraction of sp³-hybridized carbons (Fsp3) is 0.182. The second-order valence-corrected chi connectivity index (χ2v) is 5.90. The molecule has 0 aliphatic carbocycles. The molecule has 0 spiro atoms. The number of hydrogen-bond donors (Lipinski definition) is 1. The van der Waals surface area contributed by atoms with Crippen molar-refractivity contribution in [2.24, 2.45) is 0 Å². The smallest absolute Gasteiger partial charge is 0.338 e. The fourth-order valence-corrected chi connectivity index (χ4v) is 2.47. The van der Waals surface area contributed by atoms with E-state index < -0.39 is 5.97 Å². The topological polar surface area (TPSA) is 87.0 Å². The highest BCUT2D eigenvalue weighted by molar-refractivity contribution is 6.02. The van der Waals surface area contributed by atoms with E-state index in [1.165, 1.54) is 6.26 Å². The van der Waals surface area contributed by atoms with Crippen molar-refractivity contribution in [3.8, 4) is 11.5 Å². The van der Waals surface area contributed by atoms with Crippen LogP contribution in [0.3, 0.4) is 0 Å². The van der Waals surface area contributed by atoms with Crippen LogP contribution in [0, 0.1) is 0 Å². The molecule has 3 rings (SSSR count). The average molecular weight is 395 g/mol. The number of benzene rings is 2. The monoisotopic (exact) mass is 395 g/mol. The minimum atomic E-state index is -0.468. The van der Waals surface area contributed by atoms with Gasteiger partial charge in [0.2, 0.25) is 0 Å². The lowest BCUT2D eigenvalue weighted by Gasteiger charge is -2.09. The summed E-state index contributed by atoms with van der Waals surface area (Å²) in [6, 6.07) is 16.8. The van der Waals surface area contributed by atoms with Gasteiger partial charge in [-0.25, -0.2) is 4.79 Å². The molecule has 1 N–H and O–H groups in total. The molecular weight excluding hydrogens is 374 g/mol. The number of furan rings is 1. The van der Waals surface area contributed by atoms with Crippen molar-refractivity contribution in [3.05, 3.63) is 78.3 Å². The first kappa shape index (κ1) is 20.0. The molecule has 7 nitrogen and oxygen atoms in total. The Hall–Kier alpha value is -3.74. The summed E-state index contributed by atoms with van der Waals surface area (Å²) in [5.41, 5.74) is 0.920. The highest BCUT2D eigenvalue weighted by Crippen LogP contribution is 2.17. The molecule has 0 radical (unpaired) electrons. The summed E-state index contributed by atoms with van der Waals surface area (Å²) in [6.45, 7) is 2.87. The van der Waals surface area contributed by atoms with E-state index in [0.717, 1.165) is 5.75 Å². The third-order valence-corrected chi connectivity index (χ3v) is 3.84. The van der Waals surface area contributed by atoms with E-state index in [2.05, 4.69) is 5.32 Å². The quantitative estimate of drug-likeness (QED) is 0.432. The van der Waals surface area contributed by atoms with Gasteiger partial charge in [0.25, 0.3) is 5.91 Å². The van der Waals surface area contributed by atoms with E-state index >= 15 is 0 Å². The van der Waals surface area contributed by atoms with Crippen molar-refractivity contribution in [2.45, 2.75) is 6.92 Å². The van der Waals surface area contributed by atoms with Crippen LogP contribution < -0.4 is 14.8 Å². The molecule has 0 unspecified atom stereocenters. The Bertz CT molecular complexity index is 917. The molecule has 1 amide bonds. The van der Waals surface area contributed by atoms with Gasteiger partial charge >= 0.3 is 5.97 Å². The van der Waals surface area contributed by atoms with Crippen molar-refractivity contribution in [3.63, 3.8) is 0 Å². The van der Waals surface area contributed by atoms with Crippen molar-refractivity contribution in [1.82, 2.24) is 0 Å². The Morgan fingerprint density at radius 1 is 0.897 bits per heavy atom. The number of rotatable bonds is 9.